The maximum atomic E-state index is 11.0. The zero-order valence-corrected chi connectivity index (χ0v) is 12.8. The fraction of sp³-hybridized carbons (Fsp3) is 0.571. The van der Waals surface area contributed by atoms with Crippen molar-refractivity contribution in [3.05, 3.63) is 32.8 Å². The molecule has 3 rings (SSSR count). The molecule has 2 heterocycles. The van der Waals surface area contributed by atoms with Crippen molar-refractivity contribution in [2.45, 2.75) is 37.8 Å². The molecule has 2 fully saturated rings. The Hall–Kier alpha value is -1.14. The molecule has 2 aliphatic rings. The van der Waals surface area contributed by atoms with Crippen LogP contribution in [0.4, 0.5) is 11.4 Å². The Morgan fingerprint density at radius 3 is 2.95 bits per heavy atom. The van der Waals surface area contributed by atoms with Crippen molar-refractivity contribution >= 4 is 27.3 Å². The molecule has 0 aromatic heterocycles. The van der Waals surface area contributed by atoms with Crippen LogP contribution in [0.1, 0.15) is 25.7 Å². The standard InChI is InChI=1S/C14H18BrN3O2/c15-11-5-4-10(9-14(11)18(19)20)16-12-6-8-17-7-2-1-3-13(12)17/h4-5,9,12-13,16H,1-3,6-8H2. The highest BCUT2D eigenvalue weighted by molar-refractivity contribution is 9.10. The predicted molar refractivity (Wildman–Crippen MR) is 82.0 cm³/mol. The van der Waals surface area contributed by atoms with E-state index in [-0.39, 0.29) is 10.6 Å². The van der Waals surface area contributed by atoms with Gasteiger partial charge in [0.05, 0.1) is 9.40 Å². The molecule has 0 aliphatic carbocycles. The van der Waals surface area contributed by atoms with E-state index in [4.69, 9.17) is 0 Å². The third kappa shape index (κ3) is 2.67. The molecule has 6 heteroatoms. The van der Waals surface area contributed by atoms with Gasteiger partial charge in [-0.2, -0.15) is 0 Å². The maximum absolute atomic E-state index is 11.0. The number of nitro benzene ring substituents is 1. The summed E-state index contributed by atoms with van der Waals surface area (Å²) in [6, 6.07) is 6.27. The van der Waals surface area contributed by atoms with Crippen LogP contribution in [-0.2, 0) is 0 Å². The van der Waals surface area contributed by atoms with Crippen LogP contribution >= 0.6 is 15.9 Å². The molecule has 2 aliphatic heterocycles. The van der Waals surface area contributed by atoms with E-state index < -0.39 is 0 Å². The number of fused-ring (bicyclic) bond motifs is 1. The van der Waals surface area contributed by atoms with E-state index in [2.05, 4.69) is 26.1 Å². The molecule has 1 N–H and O–H groups in total. The van der Waals surface area contributed by atoms with E-state index in [1.807, 2.05) is 6.07 Å². The van der Waals surface area contributed by atoms with E-state index >= 15 is 0 Å². The molecule has 2 saturated heterocycles. The number of anilines is 1. The lowest BCUT2D eigenvalue weighted by Gasteiger charge is -2.32. The number of nitrogens with zero attached hydrogens (tertiary/aromatic N) is 2. The van der Waals surface area contributed by atoms with Crippen LogP contribution in [0.15, 0.2) is 22.7 Å². The van der Waals surface area contributed by atoms with Crippen LogP contribution in [0.3, 0.4) is 0 Å². The first-order chi connectivity index (χ1) is 9.65. The molecular formula is C14H18BrN3O2. The van der Waals surface area contributed by atoms with Gasteiger partial charge in [0, 0.05) is 30.4 Å². The highest BCUT2D eigenvalue weighted by atomic mass is 79.9. The lowest BCUT2D eigenvalue weighted by Crippen LogP contribution is -2.41. The van der Waals surface area contributed by atoms with Crippen molar-refractivity contribution in [1.29, 1.82) is 0 Å². The van der Waals surface area contributed by atoms with E-state index in [0.717, 1.165) is 18.7 Å². The van der Waals surface area contributed by atoms with Crippen molar-refractivity contribution in [1.82, 2.24) is 4.90 Å². The Labute approximate surface area is 126 Å². The van der Waals surface area contributed by atoms with Crippen molar-refractivity contribution in [2.24, 2.45) is 0 Å². The lowest BCUT2D eigenvalue weighted by molar-refractivity contribution is -0.385. The molecule has 108 valence electrons. The van der Waals surface area contributed by atoms with Crippen molar-refractivity contribution in [2.75, 3.05) is 18.4 Å². The van der Waals surface area contributed by atoms with E-state index in [9.17, 15) is 10.1 Å². The summed E-state index contributed by atoms with van der Waals surface area (Å²) >= 11 is 3.22. The average molecular weight is 340 g/mol. The van der Waals surface area contributed by atoms with Crippen molar-refractivity contribution in [3.63, 3.8) is 0 Å². The zero-order valence-electron chi connectivity index (χ0n) is 11.2. The Balaban J connectivity index is 1.74. The van der Waals surface area contributed by atoms with Crippen LogP contribution < -0.4 is 5.32 Å². The highest BCUT2D eigenvalue weighted by Crippen LogP contribution is 2.32. The number of hydrogen-bond acceptors (Lipinski definition) is 4. The number of piperidine rings is 1. The summed E-state index contributed by atoms with van der Waals surface area (Å²) in [6.07, 6.45) is 4.94. The molecular weight excluding hydrogens is 322 g/mol. The molecule has 0 amide bonds. The molecule has 1 aromatic rings. The Morgan fingerprint density at radius 2 is 2.15 bits per heavy atom. The topological polar surface area (TPSA) is 58.4 Å². The number of halogens is 1. The van der Waals surface area contributed by atoms with Gasteiger partial charge >= 0.3 is 0 Å². The van der Waals surface area contributed by atoms with Gasteiger partial charge in [-0.1, -0.05) is 6.42 Å². The van der Waals surface area contributed by atoms with Gasteiger partial charge in [0.25, 0.3) is 5.69 Å². The van der Waals surface area contributed by atoms with Crippen LogP contribution in [-0.4, -0.2) is 35.0 Å². The van der Waals surface area contributed by atoms with Gasteiger partial charge in [-0.15, -0.1) is 0 Å². The van der Waals surface area contributed by atoms with Gasteiger partial charge in [-0.3, -0.25) is 15.0 Å². The molecule has 1 aromatic carbocycles. The molecule has 2 atom stereocenters. The zero-order chi connectivity index (χ0) is 14.1. The minimum absolute atomic E-state index is 0.119. The summed E-state index contributed by atoms with van der Waals surface area (Å²) in [4.78, 5) is 13.2. The molecule has 0 saturated carbocycles. The Bertz CT molecular complexity index is 523. The van der Waals surface area contributed by atoms with Gasteiger partial charge in [0.2, 0.25) is 0 Å². The Morgan fingerprint density at radius 1 is 1.30 bits per heavy atom. The second kappa shape index (κ2) is 5.69. The summed E-state index contributed by atoms with van der Waals surface area (Å²) in [5.41, 5.74) is 0.964. The first-order valence-corrected chi connectivity index (χ1v) is 7.89. The average Bonchev–Trinajstić information content (AvgIpc) is 2.84. The normalized spacial score (nSPS) is 26.2. The molecule has 5 nitrogen and oxygen atoms in total. The van der Waals surface area contributed by atoms with Gasteiger partial charge < -0.3 is 5.32 Å². The molecule has 2 unspecified atom stereocenters. The summed E-state index contributed by atoms with van der Waals surface area (Å²) in [5.74, 6) is 0. The number of benzene rings is 1. The highest BCUT2D eigenvalue weighted by Gasteiger charge is 2.35. The fourth-order valence-electron chi connectivity index (χ4n) is 3.37. The fourth-order valence-corrected chi connectivity index (χ4v) is 3.76. The van der Waals surface area contributed by atoms with Crippen LogP contribution in [0.5, 0.6) is 0 Å². The number of rotatable bonds is 3. The van der Waals surface area contributed by atoms with Gasteiger partial charge in [-0.25, -0.2) is 0 Å². The van der Waals surface area contributed by atoms with Crippen LogP contribution in [0, 0.1) is 10.1 Å². The van der Waals surface area contributed by atoms with Crippen molar-refractivity contribution < 1.29 is 4.92 Å². The SMILES string of the molecule is O=[N+]([O-])c1cc(NC2CCN3CCCCC23)ccc1Br. The quantitative estimate of drug-likeness (QED) is 0.677. The lowest BCUT2D eigenvalue weighted by atomic mass is 9.99. The second-order valence-corrected chi connectivity index (χ2v) is 6.42. The summed E-state index contributed by atoms with van der Waals surface area (Å²) in [7, 11) is 0. The largest absolute Gasteiger partial charge is 0.380 e. The second-order valence-electron chi connectivity index (χ2n) is 5.56. The molecule has 20 heavy (non-hydrogen) atoms. The molecule has 0 radical (unpaired) electrons. The summed E-state index contributed by atoms with van der Waals surface area (Å²) < 4.78 is 0.527. The van der Waals surface area contributed by atoms with Crippen LogP contribution in [0.2, 0.25) is 0 Å². The molecule has 0 bridgehead atoms. The minimum atomic E-state index is -0.350. The molecule has 0 spiro atoms. The summed E-state index contributed by atoms with van der Waals surface area (Å²) in [6.45, 7) is 2.34. The monoisotopic (exact) mass is 339 g/mol. The third-order valence-corrected chi connectivity index (χ3v) is 5.02. The van der Waals surface area contributed by atoms with E-state index in [1.54, 1.807) is 12.1 Å². The smallest absolute Gasteiger partial charge is 0.285 e. The summed E-state index contributed by atoms with van der Waals surface area (Å²) in [5, 5.41) is 14.5. The number of nitrogens with one attached hydrogen (secondary N) is 1. The van der Waals surface area contributed by atoms with Crippen molar-refractivity contribution in [3.8, 4) is 0 Å². The number of hydrogen-bond donors (Lipinski definition) is 1. The van der Waals surface area contributed by atoms with Gasteiger partial charge in [0.1, 0.15) is 0 Å². The minimum Gasteiger partial charge on any atom is -0.380 e. The first-order valence-electron chi connectivity index (χ1n) is 7.09. The predicted octanol–water partition coefficient (Wildman–Crippen LogP) is 3.40. The maximum Gasteiger partial charge on any atom is 0.285 e. The Kier molecular flexibility index (Phi) is 3.94. The first kappa shape index (κ1) is 13.8. The number of nitro groups is 1. The van der Waals surface area contributed by atoms with Gasteiger partial charge in [-0.05, 0) is 53.9 Å². The van der Waals surface area contributed by atoms with Gasteiger partial charge in [0.15, 0.2) is 0 Å². The third-order valence-electron chi connectivity index (χ3n) is 4.35. The van der Waals surface area contributed by atoms with E-state index in [1.165, 1.54) is 25.8 Å². The van der Waals surface area contributed by atoms with E-state index in [0.29, 0.717) is 16.6 Å². The van der Waals surface area contributed by atoms with Crippen LogP contribution in [0.25, 0.3) is 0 Å².